The standard InChI is InChI=1S/C22H15ClFNO2S/c1-13(14-6-8-15(24)9-7-14)27-22(26)17-12-19(20-10-11-21(23)28-20)25-18-5-3-2-4-16(17)18/h2-13H,1H3/t13-/m1/s1. The summed E-state index contributed by atoms with van der Waals surface area (Å²) in [6.45, 7) is 1.76. The van der Waals surface area contributed by atoms with Gasteiger partial charge in [0.25, 0.3) is 0 Å². The zero-order chi connectivity index (χ0) is 19.7. The first-order valence-corrected chi connectivity index (χ1v) is 9.82. The molecular weight excluding hydrogens is 397 g/mol. The van der Waals surface area contributed by atoms with Crippen LogP contribution in [0.4, 0.5) is 4.39 Å². The number of hydrogen-bond acceptors (Lipinski definition) is 4. The van der Waals surface area contributed by atoms with Crippen LogP contribution in [0.2, 0.25) is 4.34 Å². The van der Waals surface area contributed by atoms with Crippen molar-refractivity contribution in [3.05, 3.63) is 88.0 Å². The van der Waals surface area contributed by atoms with Gasteiger partial charge in [0.1, 0.15) is 11.9 Å². The normalized spacial score (nSPS) is 12.1. The monoisotopic (exact) mass is 411 g/mol. The van der Waals surface area contributed by atoms with E-state index < -0.39 is 12.1 Å². The minimum Gasteiger partial charge on any atom is -0.454 e. The van der Waals surface area contributed by atoms with E-state index in [9.17, 15) is 9.18 Å². The smallest absolute Gasteiger partial charge is 0.339 e. The van der Waals surface area contributed by atoms with Crippen molar-refractivity contribution >= 4 is 39.8 Å². The highest BCUT2D eigenvalue weighted by Gasteiger charge is 2.19. The van der Waals surface area contributed by atoms with Gasteiger partial charge in [-0.2, -0.15) is 0 Å². The molecule has 0 amide bonds. The van der Waals surface area contributed by atoms with E-state index >= 15 is 0 Å². The molecule has 0 saturated heterocycles. The lowest BCUT2D eigenvalue weighted by atomic mass is 10.1. The average Bonchev–Trinajstić information content (AvgIpc) is 3.14. The molecule has 0 saturated carbocycles. The Kier molecular flexibility index (Phi) is 5.11. The minimum atomic E-state index is -0.514. The van der Waals surface area contributed by atoms with Crippen LogP contribution in [0.25, 0.3) is 21.5 Å². The van der Waals surface area contributed by atoms with Gasteiger partial charge < -0.3 is 4.74 Å². The second-order valence-corrected chi connectivity index (χ2v) is 7.99. The second kappa shape index (κ2) is 7.70. The third-order valence-electron chi connectivity index (χ3n) is 4.38. The molecule has 3 nitrogen and oxygen atoms in total. The van der Waals surface area contributed by atoms with Crippen molar-refractivity contribution in [3.8, 4) is 10.6 Å². The number of hydrogen-bond donors (Lipinski definition) is 0. The molecule has 0 N–H and O–H groups in total. The number of carbonyl (C=O) groups excluding carboxylic acids is 1. The number of rotatable bonds is 4. The summed E-state index contributed by atoms with van der Waals surface area (Å²) in [5, 5.41) is 0.713. The lowest BCUT2D eigenvalue weighted by Gasteiger charge is -2.15. The van der Waals surface area contributed by atoms with Gasteiger partial charge >= 0.3 is 5.97 Å². The summed E-state index contributed by atoms with van der Waals surface area (Å²) in [5.41, 5.74) is 2.51. The van der Waals surface area contributed by atoms with E-state index in [2.05, 4.69) is 4.98 Å². The van der Waals surface area contributed by atoms with Gasteiger partial charge in [-0.3, -0.25) is 0 Å². The minimum absolute atomic E-state index is 0.332. The van der Waals surface area contributed by atoms with Crippen LogP contribution in [-0.4, -0.2) is 11.0 Å². The van der Waals surface area contributed by atoms with Gasteiger partial charge in [-0.25, -0.2) is 14.2 Å². The van der Waals surface area contributed by atoms with Crippen LogP contribution in [0.1, 0.15) is 28.9 Å². The van der Waals surface area contributed by atoms with Crippen LogP contribution in [0, 0.1) is 5.82 Å². The third kappa shape index (κ3) is 3.77. The quantitative estimate of drug-likeness (QED) is 0.352. The zero-order valence-electron chi connectivity index (χ0n) is 14.9. The summed E-state index contributed by atoms with van der Waals surface area (Å²) in [6, 6.07) is 18.7. The Bertz CT molecular complexity index is 1160. The number of thiophene rings is 1. The van der Waals surface area contributed by atoms with E-state index in [1.54, 1.807) is 31.2 Å². The maximum absolute atomic E-state index is 13.1. The molecule has 2 heterocycles. The number of esters is 1. The molecule has 2 aromatic heterocycles. The van der Waals surface area contributed by atoms with Gasteiger partial charge in [-0.15, -0.1) is 11.3 Å². The van der Waals surface area contributed by atoms with Crippen LogP contribution in [0.3, 0.4) is 0 Å². The van der Waals surface area contributed by atoms with Gasteiger partial charge in [-0.1, -0.05) is 41.9 Å². The predicted molar refractivity (Wildman–Crippen MR) is 110 cm³/mol. The van der Waals surface area contributed by atoms with Crippen LogP contribution in [0.5, 0.6) is 0 Å². The Morgan fingerprint density at radius 2 is 1.86 bits per heavy atom. The molecule has 0 aliphatic heterocycles. The number of ether oxygens (including phenoxy) is 1. The van der Waals surface area contributed by atoms with E-state index in [1.165, 1.54) is 23.5 Å². The van der Waals surface area contributed by atoms with E-state index in [0.717, 1.165) is 10.4 Å². The number of aromatic nitrogens is 1. The molecule has 6 heteroatoms. The molecule has 4 rings (SSSR count). The fraction of sp³-hybridized carbons (Fsp3) is 0.0909. The van der Waals surface area contributed by atoms with Crippen LogP contribution >= 0.6 is 22.9 Å². The highest BCUT2D eigenvalue weighted by Crippen LogP contribution is 2.33. The molecule has 0 aliphatic rings. The fourth-order valence-corrected chi connectivity index (χ4v) is 3.95. The van der Waals surface area contributed by atoms with Crippen molar-refractivity contribution < 1.29 is 13.9 Å². The predicted octanol–water partition coefficient (Wildman–Crippen LogP) is 6.67. The number of para-hydroxylation sites is 1. The van der Waals surface area contributed by atoms with Crippen molar-refractivity contribution in [2.45, 2.75) is 13.0 Å². The van der Waals surface area contributed by atoms with Crippen LogP contribution in [-0.2, 0) is 4.74 Å². The molecule has 4 aromatic rings. The Balaban J connectivity index is 1.72. The first-order chi connectivity index (χ1) is 13.5. The highest BCUT2D eigenvalue weighted by molar-refractivity contribution is 7.19. The fourth-order valence-electron chi connectivity index (χ4n) is 2.95. The number of pyridine rings is 1. The Hall–Kier alpha value is -2.76. The van der Waals surface area contributed by atoms with Crippen molar-refractivity contribution in [3.63, 3.8) is 0 Å². The summed E-state index contributed by atoms with van der Waals surface area (Å²) in [6.07, 6.45) is -0.514. The van der Waals surface area contributed by atoms with E-state index in [4.69, 9.17) is 16.3 Å². The summed E-state index contributed by atoms with van der Waals surface area (Å²) >= 11 is 7.45. The lowest BCUT2D eigenvalue weighted by molar-refractivity contribution is 0.0340. The number of carbonyl (C=O) groups is 1. The van der Waals surface area contributed by atoms with E-state index in [-0.39, 0.29) is 5.82 Å². The summed E-state index contributed by atoms with van der Waals surface area (Å²) < 4.78 is 19.4. The average molecular weight is 412 g/mol. The SMILES string of the molecule is C[C@@H](OC(=O)c1cc(-c2ccc(Cl)s2)nc2ccccc12)c1ccc(F)cc1. The topological polar surface area (TPSA) is 39.2 Å². The molecule has 0 unspecified atom stereocenters. The lowest BCUT2D eigenvalue weighted by Crippen LogP contribution is -2.10. The van der Waals surface area contributed by atoms with Crippen molar-refractivity contribution in [2.24, 2.45) is 0 Å². The third-order valence-corrected chi connectivity index (χ3v) is 5.64. The molecular formula is C22H15ClFNO2S. The Labute approximate surface area is 170 Å². The van der Waals surface area contributed by atoms with Crippen LogP contribution in [0.15, 0.2) is 66.7 Å². The number of halogens is 2. The summed E-state index contributed by atoms with van der Waals surface area (Å²) in [5.74, 6) is -0.791. The molecule has 140 valence electrons. The largest absolute Gasteiger partial charge is 0.454 e. The van der Waals surface area contributed by atoms with Crippen molar-refractivity contribution in [1.82, 2.24) is 4.98 Å². The number of benzene rings is 2. The Morgan fingerprint density at radius 3 is 2.57 bits per heavy atom. The van der Waals surface area contributed by atoms with Crippen LogP contribution < -0.4 is 0 Å². The van der Waals surface area contributed by atoms with Gasteiger partial charge in [0.05, 0.1) is 26.0 Å². The first-order valence-electron chi connectivity index (χ1n) is 8.63. The maximum Gasteiger partial charge on any atom is 0.339 e. The highest BCUT2D eigenvalue weighted by atomic mass is 35.5. The first kappa shape index (κ1) is 18.6. The summed E-state index contributed by atoms with van der Waals surface area (Å²) in [7, 11) is 0. The molecule has 1 atom stereocenters. The van der Waals surface area contributed by atoms with Gasteiger partial charge in [0.15, 0.2) is 0 Å². The van der Waals surface area contributed by atoms with E-state index in [1.807, 2.05) is 30.3 Å². The second-order valence-electron chi connectivity index (χ2n) is 6.28. The van der Waals surface area contributed by atoms with Gasteiger partial charge in [0, 0.05) is 5.39 Å². The Morgan fingerprint density at radius 1 is 1.11 bits per heavy atom. The van der Waals surface area contributed by atoms with Gasteiger partial charge in [-0.05, 0) is 48.9 Å². The van der Waals surface area contributed by atoms with E-state index in [0.29, 0.717) is 26.5 Å². The molecule has 0 radical (unpaired) electrons. The number of nitrogens with zero attached hydrogens (tertiary/aromatic N) is 1. The molecule has 0 bridgehead atoms. The molecule has 0 spiro atoms. The maximum atomic E-state index is 13.1. The molecule has 0 fully saturated rings. The zero-order valence-corrected chi connectivity index (χ0v) is 16.4. The van der Waals surface area contributed by atoms with Crippen molar-refractivity contribution in [1.29, 1.82) is 0 Å². The summed E-state index contributed by atoms with van der Waals surface area (Å²) in [4.78, 5) is 18.5. The molecule has 2 aromatic carbocycles. The molecule has 28 heavy (non-hydrogen) atoms. The van der Waals surface area contributed by atoms with Gasteiger partial charge in [0.2, 0.25) is 0 Å². The van der Waals surface area contributed by atoms with Crippen molar-refractivity contribution in [2.75, 3.05) is 0 Å². The molecule has 0 aliphatic carbocycles. The number of fused-ring (bicyclic) bond motifs is 1.